The molecule has 0 spiro atoms. The van der Waals surface area contributed by atoms with E-state index < -0.39 is 12.0 Å². The molecule has 31 heavy (non-hydrogen) atoms. The summed E-state index contributed by atoms with van der Waals surface area (Å²) in [6, 6.07) is 23.6. The summed E-state index contributed by atoms with van der Waals surface area (Å²) in [5.41, 5.74) is 4.20. The maximum absolute atomic E-state index is 12.0. The van der Waals surface area contributed by atoms with Crippen molar-refractivity contribution < 1.29 is 19.4 Å². The molecule has 5 nitrogen and oxygen atoms in total. The van der Waals surface area contributed by atoms with E-state index in [4.69, 9.17) is 9.47 Å². The van der Waals surface area contributed by atoms with Crippen molar-refractivity contribution in [1.82, 2.24) is 4.90 Å². The molecule has 4 rings (SSSR count). The maximum atomic E-state index is 12.0. The molecule has 3 aromatic carbocycles. The second kappa shape index (κ2) is 9.23. The smallest absolute Gasteiger partial charge is 0.320 e. The number of aliphatic carboxylic acids is 1. The van der Waals surface area contributed by atoms with Crippen LogP contribution in [0.2, 0.25) is 0 Å². The van der Waals surface area contributed by atoms with Crippen molar-refractivity contribution in [2.45, 2.75) is 24.9 Å². The van der Waals surface area contributed by atoms with Crippen molar-refractivity contribution in [3.63, 3.8) is 0 Å². The number of benzene rings is 3. The number of rotatable bonds is 7. The zero-order chi connectivity index (χ0) is 21.8. The van der Waals surface area contributed by atoms with Crippen LogP contribution in [-0.2, 0) is 4.79 Å². The number of ether oxygens (including phenoxy) is 2. The van der Waals surface area contributed by atoms with Crippen molar-refractivity contribution in [2.24, 2.45) is 0 Å². The van der Waals surface area contributed by atoms with Crippen LogP contribution >= 0.6 is 0 Å². The summed E-state index contributed by atoms with van der Waals surface area (Å²) in [4.78, 5) is 14.1. The van der Waals surface area contributed by atoms with E-state index in [-0.39, 0.29) is 6.04 Å². The van der Waals surface area contributed by atoms with E-state index in [9.17, 15) is 9.90 Å². The van der Waals surface area contributed by atoms with Gasteiger partial charge in [0.1, 0.15) is 6.04 Å². The average Bonchev–Trinajstić information content (AvgIpc) is 3.30. The minimum atomic E-state index is -0.787. The van der Waals surface area contributed by atoms with E-state index in [1.807, 2.05) is 36.4 Å². The summed E-state index contributed by atoms with van der Waals surface area (Å²) in [6.07, 6.45) is 1.49. The van der Waals surface area contributed by atoms with E-state index >= 15 is 0 Å². The van der Waals surface area contributed by atoms with Gasteiger partial charge >= 0.3 is 5.97 Å². The normalized spacial score (nSPS) is 17.3. The fourth-order valence-electron chi connectivity index (χ4n) is 4.53. The Kier molecular flexibility index (Phi) is 6.23. The number of likely N-dealkylation sites (tertiary alicyclic amines) is 1. The number of para-hydroxylation sites is 1. The van der Waals surface area contributed by atoms with Crippen LogP contribution in [-0.4, -0.2) is 42.8 Å². The van der Waals surface area contributed by atoms with Gasteiger partial charge in [0.15, 0.2) is 11.5 Å². The minimum Gasteiger partial charge on any atom is -0.493 e. The molecule has 0 amide bonds. The lowest BCUT2D eigenvalue weighted by molar-refractivity contribution is -0.142. The monoisotopic (exact) mass is 417 g/mol. The second-order valence-electron chi connectivity index (χ2n) is 7.71. The molecule has 0 saturated carbocycles. The SMILES string of the molecule is COc1cccc(C(c2ccc(-c3ccccc3)cc2)N2CCCC2C(=O)O)c1OC. The fourth-order valence-corrected chi connectivity index (χ4v) is 4.53. The number of carbonyl (C=O) groups is 1. The summed E-state index contributed by atoms with van der Waals surface area (Å²) < 4.78 is 11.2. The van der Waals surface area contributed by atoms with Crippen LogP contribution in [0.25, 0.3) is 11.1 Å². The van der Waals surface area contributed by atoms with Gasteiger partial charge in [-0.05, 0) is 35.6 Å². The van der Waals surface area contributed by atoms with Gasteiger partial charge < -0.3 is 14.6 Å². The van der Waals surface area contributed by atoms with Gasteiger partial charge in [-0.25, -0.2) is 0 Å². The molecule has 1 aliphatic rings. The van der Waals surface area contributed by atoms with Gasteiger partial charge in [0.25, 0.3) is 0 Å². The van der Waals surface area contributed by atoms with Crippen molar-refractivity contribution in [3.8, 4) is 22.6 Å². The molecule has 1 fully saturated rings. The van der Waals surface area contributed by atoms with Gasteiger partial charge in [-0.15, -0.1) is 0 Å². The first-order valence-electron chi connectivity index (χ1n) is 10.5. The summed E-state index contributed by atoms with van der Waals surface area (Å²) in [7, 11) is 3.23. The molecule has 0 aromatic heterocycles. The zero-order valence-electron chi connectivity index (χ0n) is 17.8. The van der Waals surface area contributed by atoms with Crippen LogP contribution < -0.4 is 9.47 Å². The standard InChI is InChI=1S/C26H27NO4/c1-30-23-12-6-10-21(25(23)31-2)24(27-17-7-11-22(27)26(28)29)20-15-13-19(14-16-20)18-8-4-3-5-9-18/h3-6,8-10,12-16,22,24H,7,11,17H2,1-2H3,(H,28,29). The van der Waals surface area contributed by atoms with Crippen molar-refractivity contribution >= 4 is 5.97 Å². The molecule has 1 aliphatic heterocycles. The third kappa shape index (κ3) is 4.14. The molecule has 1 N–H and O–H groups in total. The molecule has 0 bridgehead atoms. The number of nitrogens with zero attached hydrogens (tertiary/aromatic N) is 1. The van der Waals surface area contributed by atoms with Crippen molar-refractivity contribution in [2.75, 3.05) is 20.8 Å². The first kappa shape index (κ1) is 20.9. The molecule has 2 atom stereocenters. The Morgan fingerprint density at radius 3 is 2.29 bits per heavy atom. The molecule has 5 heteroatoms. The summed E-state index contributed by atoms with van der Waals surface area (Å²) in [5.74, 6) is 0.487. The molecule has 1 saturated heterocycles. The van der Waals surface area contributed by atoms with Crippen molar-refractivity contribution in [1.29, 1.82) is 0 Å². The van der Waals surface area contributed by atoms with E-state index in [2.05, 4.69) is 41.3 Å². The highest BCUT2D eigenvalue weighted by molar-refractivity contribution is 5.74. The Labute approximate surface area is 182 Å². The van der Waals surface area contributed by atoms with Crippen molar-refractivity contribution in [3.05, 3.63) is 83.9 Å². The Balaban J connectivity index is 1.81. The van der Waals surface area contributed by atoms with E-state index in [1.165, 1.54) is 0 Å². The number of hydrogen-bond donors (Lipinski definition) is 1. The maximum Gasteiger partial charge on any atom is 0.320 e. The molecule has 0 radical (unpaired) electrons. The quantitative estimate of drug-likeness (QED) is 0.586. The lowest BCUT2D eigenvalue weighted by Gasteiger charge is -2.33. The van der Waals surface area contributed by atoms with Gasteiger partial charge in [-0.3, -0.25) is 9.69 Å². The van der Waals surface area contributed by atoms with E-state index in [0.29, 0.717) is 24.5 Å². The number of methoxy groups -OCH3 is 2. The van der Waals surface area contributed by atoms with Crippen LogP contribution in [0.5, 0.6) is 11.5 Å². The van der Waals surface area contributed by atoms with Crippen LogP contribution in [0.15, 0.2) is 72.8 Å². The predicted molar refractivity (Wildman–Crippen MR) is 121 cm³/mol. The van der Waals surface area contributed by atoms with Gasteiger partial charge in [0.2, 0.25) is 0 Å². The lowest BCUT2D eigenvalue weighted by atomic mass is 9.93. The number of hydrogen-bond acceptors (Lipinski definition) is 4. The van der Waals surface area contributed by atoms with Crippen LogP contribution in [0.3, 0.4) is 0 Å². The molecule has 1 heterocycles. The Morgan fingerprint density at radius 1 is 0.935 bits per heavy atom. The first-order chi connectivity index (χ1) is 15.1. The van der Waals surface area contributed by atoms with Gasteiger partial charge in [-0.2, -0.15) is 0 Å². The third-order valence-electron chi connectivity index (χ3n) is 5.97. The average molecular weight is 418 g/mol. The van der Waals surface area contributed by atoms with Gasteiger partial charge in [0, 0.05) is 12.1 Å². The fraction of sp³-hybridized carbons (Fsp3) is 0.269. The Hall–Kier alpha value is -3.31. The lowest BCUT2D eigenvalue weighted by Crippen LogP contribution is -2.39. The minimum absolute atomic E-state index is 0.251. The third-order valence-corrected chi connectivity index (χ3v) is 5.97. The molecular weight excluding hydrogens is 390 g/mol. The molecule has 160 valence electrons. The highest BCUT2D eigenvalue weighted by Gasteiger charge is 2.38. The summed E-state index contributed by atoms with van der Waals surface area (Å²) in [5, 5.41) is 9.85. The summed E-state index contributed by atoms with van der Waals surface area (Å²) in [6.45, 7) is 0.711. The van der Waals surface area contributed by atoms with E-state index in [0.717, 1.165) is 28.7 Å². The van der Waals surface area contributed by atoms with Gasteiger partial charge in [0.05, 0.1) is 20.3 Å². The topological polar surface area (TPSA) is 59.0 Å². The Morgan fingerprint density at radius 2 is 1.65 bits per heavy atom. The molecule has 3 aromatic rings. The Bertz CT molecular complexity index is 1030. The van der Waals surface area contributed by atoms with Crippen LogP contribution in [0, 0.1) is 0 Å². The number of carboxylic acids is 1. The van der Waals surface area contributed by atoms with Crippen LogP contribution in [0.4, 0.5) is 0 Å². The van der Waals surface area contributed by atoms with Crippen LogP contribution in [0.1, 0.15) is 30.0 Å². The predicted octanol–water partition coefficient (Wildman–Crippen LogP) is 5.01. The largest absolute Gasteiger partial charge is 0.493 e. The first-order valence-corrected chi connectivity index (χ1v) is 10.5. The summed E-state index contributed by atoms with van der Waals surface area (Å²) >= 11 is 0. The van der Waals surface area contributed by atoms with E-state index in [1.54, 1.807) is 14.2 Å². The van der Waals surface area contributed by atoms with Gasteiger partial charge in [-0.1, -0.05) is 66.7 Å². The molecule has 2 unspecified atom stereocenters. The zero-order valence-corrected chi connectivity index (χ0v) is 17.8. The highest BCUT2D eigenvalue weighted by Crippen LogP contribution is 2.43. The molecular formula is C26H27NO4. The highest BCUT2D eigenvalue weighted by atomic mass is 16.5. The second-order valence-corrected chi connectivity index (χ2v) is 7.71. The number of carboxylic acid groups (broad SMARTS) is 1. The molecule has 0 aliphatic carbocycles.